The number of anilines is 1. The lowest BCUT2D eigenvalue weighted by molar-refractivity contribution is -0.128. The molecular formula is C25H37N9O2. The number of aromatic nitrogens is 3. The number of nitrogens with two attached hydrogens (primary N) is 3. The zero-order valence-corrected chi connectivity index (χ0v) is 21.1. The minimum atomic E-state index is -0.576. The van der Waals surface area contributed by atoms with Crippen LogP contribution in [0.3, 0.4) is 0 Å². The van der Waals surface area contributed by atoms with Crippen molar-refractivity contribution in [3.05, 3.63) is 30.1 Å². The van der Waals surface area contributed by atoms with Crippen LogP contribution in [-0.2, 0) is 22.6 Å². The summed E-state index contributed by atoms with van der Waals surface area (Å²) in [4.78, 5) is 37.4. The van der Waals surface area contributed by atoms with E-state index >= 15 is 0 Å². The molecule has 11 nitrogen and oxygen atoms in total. The van der Waals surface area contributed by atoms with Gasteiger partial charge in [-0.1, -0.05) is 25.1 Å². The van der Waals surface area contributed by atoms with E-state index in [4.69, 9.17) is 22.2 Å². The lowest BCUT2D eigenvalue weighted by Gasteiger charge is -2.17. The molecule has 2 aromatic heterocycles. The van der Waals surface area contributed by atoms with Crippen molar-refractivity contribution in [1.82, 2.24) is 25.2 Å². The Bertz CT molecular complexity index is 1230. The van der Waals surface area contributed by atoms with Gasteiger partial charge in [-0.05, 0) is 38.2 Å². The van der Waals surface area contributed by atoms with Gasteiger partial charge in [0.05, 0.1) is 11.0 Å². The van der Waals surface area contributed by atoms with Crippen LogP contribution in [0.2, 0.25) is 0 Å². The fourth-order valence-corrected chi connectivity index (χ4v) is 4.33. The fraction of sp³-hybridized carbons (Fsp3) is 0.480. The van der Waals surface area contributed by atoms with Gasteiger partial charge < -0.3 is 32.4 Å². The number of guanidine groups is 1. The molecule has 0 radical (unpaired) electrons. The summed E-state index contributed by atoms with van der Waals surface area (Å²) in [5.74, 6) is 1.03. The molecule has 194 valence electrons. The molecule has 0 fully saturated rings. The molecule has 11 heteroatoms. The number of rotatable bonds is 13. The average Bonchev–Trinajstić information content (AvgIpc) is 3.22. The molecule has 8 N–H and O–H groups in total. The first-order valence-corrected chi connectivity index (χ1v) is 12.4. The number of unbranched alkanes of at least 4 members (excludes halogenated alkanes) is 2. The van der Waals surface area contributed by atoms with Crippen LogP contribution in [0.15, 0.2) is 29.3 Å². The molecule has 0 aliphatic carbocycles. The number of nitrogens with zero attached hydrogens (tertiary/aromatic N) is 4. The van der Waals surface area contributed by atoms with Gasteiger partial charge in [-0.25, -0.2) is 9.97 Å². The van der Waals surface area contributed by atoms with Crippen LogP contribution in [0.5, 0.6) is 0 Å². The van der Waals surface area contributed by atoms with Gasteiger partial charge in [0, 0.05) is 38.4 Å². The molecule has 3 aromatic rings. The number of carbonyl (C=O) groups excluding carboxylic acids is 2. The highest BCUT2D eigenvalue weighted by molar-refractivity contribution is 6.06. The Labute approximate surface area is 210 Å². The molecule has 0 aliphatic heterocycles. The second-order valence-corrected chi connectivity index (χ2v) is 8.80. The third-order valence-electron chi connectivity index (χ3n) is 6.00. The van der Waals surface area contributed by atoms with Gasteiger partial charge in [-0.2, -0.15) is 0 Å². The smallest absolute Gasteiger partial charge is 0.242 e. The average molecular weight is 496 g/mol. The Kier molecular flexibility index (Phi) is 9.43. The molecule has 1 aromatic carbocycles. The molecule has 2 heterocycles. The van der Waals surface area contributed by atoms with Crippen LogP contribution in [0.25, 0.3) is 21.9 Å². The molecule has 0 spiro atoms. The number of nitrogens with one attached hydrogen (secondary N) is 2. The van der Waals surface area contributed by atoms with Crippen LogP contribution in [-0.4, -0.2) is 51.4 Å². The number of benzene rings is 1. The van der Waals surface area contributed by atoms with Gasteiger partial charge >= 0.3 is 0 Å². The number of nitrogen functional groups attached to an aromatic ring is 1. The normalized spacial score (nSPS) is 11.9. The molecule has 0 aliphatic rings. The molecule has 2 amide bonds. The summed E-state index contributed by atoms with van der Waals surface area (Å²) < 4.78 is 2.22. The molecule has 0 saturated heterocycles. The standard InChI is InChI=1S/C25H37N9O2/c1-3-20-33-21-22(17-10-4-5-11-18(17)32-23(21)26)34(20)15-9-8-13-29-24(36)19(31-16(2)35)12-6-7-14-30-25(27)28/h4-5,10-11,19H,3,6-9,12-15H2,1-2H3,(H2,26,32)(H,29,36)(H,31,35)(H4,27,28,30)/t19-/m0/s1. The topological polar surface area (TPSA) is 179 Å². The Morgan fingerprint density at radius 1 is 1.11 bits per heavy atom. The van der Waals surface area contributed by atoms with Crippen molar-refractivity contribution in [2.75, 3.05) is 18.8 Å². The van der Waals surface area contributed by atoms with Gasteiger partial charge in [0.25, 0.3) is 0 Å². The first-order valence-electron chi connectivity index (χ1n) is 12.4. The number of amides is 2. The zero-order valence-electron chi connectivity index (χ0n) is 21.1. The fourth-order valence-electron chi connectivity index (χ4n) is 4.33. The van der Waals surface area contributed by atoms with Crippen molar-refractivity contribution in [2.45, 2.75) is 65.0 Å². The number of hydrogen-bond donors (Lipinski definition) is 5. The summed E-state index contributed by atoms with van der Waals surface area (Å²) in [5.41, 5.74) is 19.5. The van der Waals surface area contributed by atoms with Crippen LogP contribution < -0.4 is 27.8 Å². The zero-order chi connectivity index (χ0) is 26.1. The first kappa shape index (κ1) is 26.7. The minimum absolute atomic E-state index is 0.0502. The molecule has 1 atom stereocenters. The SMILES string of the molecule is CCc1nc2c(N)nc3ccccc3c2n1CCCCNC(=O)[C@H](CCCCN=C(N)N)NC(C)=O. The van der Waals surface area contributed by atoms with Crippen molar-refractivity contribution in [3.63, 3.8) is 0 Å². The number of para-hydroxylation sites is 1. The van der Waals surface area contributed by atoms with Gasteiger partial charge in [-0.15, -0.1) is 0 Å². The van der Waals surface area contributed by atoms with Crippen molar-refractivity contribution in [3.8, 4) is 0 Å². The number of carbonyl (C=O) groups is 2. The second kappa shape index (κ2) is 12.7. The third kappa shape index (κ3) is 6.83. The van der Waals surface area contributed by atoms with E-state index < -0.39 is 6.04 Å². The predicted molar refractivity (Wildman–Crippen MR) is 143 cm³/mol. The molecule has 3 rings (SSSR count). The summed E-state index contributed by atoms with van der Waals surface area (Å²) in [6.45, 7) is 5.25. The van der Waals surface area contributed by atoms with E-state index in [-0.39, 0.29) is 17.8 Å². The van der Waals surface area contributed by atoms with Crippen LogP contribution in [0.1, 0.15) is 51.8 Å². The quantitative estimate of drug-likeness (QED) is 0.136. The maximum absolute atomic E-state index is 12.7. The van der Waals surface area contributed by atoms with Crippen molar-refractivity contribution < 1.29 is 9.59 Å². The van der Waals surface area contributed by atoms with Gasteiger partial charge in [0.1, 0.15) is 17.4 Å². The van der Waals surface area contributed by atoms with E-state index in [1.807, 2.05) is 24.3 Å². The van der Waals surface area contributed by atoms with E-state index in [1.165, 1.54) is 6.92 Å². The third-order valence-corrected chi connectivity index (χ3v) is 6.00. The summed E-state index contributed by atoms with van der Waals surface area (Å²) >= 11 is 0. The van der Waals surface area contributed by atoms with Gasteiger partial charge in [0.15, 0.2) is 11.8 Å². The number of hydrogen-bond acceptors (Lipinski definition) is 6. The Hall–Kier alpha value is -3.89. The lowest BCUT2D eigenvalue weighted by Crippen LogP contribution is -2.46. The van der Waals surface area contributed by atoms with E-state index in [0.717, 1.165) is 60.0 Å². The van der Waals surface area contributed by atoms with E-state index in [0.29, 0.717) is 31.7 Å². The number of pyridine rings is 1. The van der Waals surface area contributed by atoms with E-state index in [2.05, 4.69) is 32.1 Å². The highest BCUT2D eigenvalue weighted by Crippen LogP contribution is 2.29. The number of aryl methyl sites for hydroxylation is 2. The molecule has 0 bridgehead atoms. The van der Waals surface area contributed by atoms with Gasteiger partial charge in [-0.3, -0.25) is 14.6 Å². The summed E-state index contributed by atoms with van der Waals surface area (Å²) in [6, 6.07) is 7.36. The minimum Gasteiger partial charge on any atom is -0.382 e. The maximum atomic E-state index is 12.7. The van der Waals surface area contributed by atoms with E-state index in [9.17, 15) is 9.59 Å². The van der Waals surface area contributed by atoms with Crippen molar-refractivity contribution in [1.29, 1.82) is 0 Å². The van der Waals surface area contributed by atoms with Crippen molar-refractivity contribution in [2.24, 2.45) is 16.5 Å². The second-order valence-electron chi connectivity index (χ2n) is 8.80. The highest BCUT2D eigenvalue weighted by Gasteiger charge is 2.19. The first-order chi connectivity index (χ1) is 17.3. The molecule has 0 saturated carbocycles. The van der Waals surface area contributed by atoms with Crippen LogP contribution in [0, 0.1) is 0 Å². The molecule has 36 heavy (non-hydrogen) atoms. The summed E-state index contributed by atoms with van der Waals surface area (Å²) in [6.07, 6.45) is 4.38. The molecular weight excluding hydrogens is 458 g/mol. The lowest BCUT2D eigenvalue weighted by atomic mass is 10.1. The largest absolute Gasteiger partial charge is 0.382 e. The predicted octanol–water partition coefficient (Wildman–Crippen LogP) is 1.57. The van der Waals surface area contributed by atoms with Crippen LogP contribution >= 0.6 is 0 Å². The Morgan fingerprint density at radius 2 is 1.89 bits per heavy atom. The highest BCUT2D eigenvalue weighted by atomic mass is 16.2. The van der Waals surface area contributed by atoms with Crippen molar-refractivity contribution >= 4 is 45.5 Å². The number of imidazole rings is 1. The molecule has 0 unspecified atom stereocenters. The van der Waals surface area contributed by atoms with E-state index in [1.54, 1.807) is 0 Å². The monoisotopic (exact) mass is 495 g/mol. The summed E-state index contributed by atoms with van der Waals surface area (Å²) in [7, 11) is 0. The van der Waals surface area contributed by atoms with Gasteiger partial charge in [0.2, 0.25) is 11.8 Å². The Balaban J connectivity index is 1.57. The maximum Gasteiger partial charge on any atom is 0.242 e. The summed E-state index contributed by atoms with van der Waals surface area (Å²) in [5, 5.41) is 6.72. The Morgan fingerprint density at radius 3 is 2.61 bits per heavy atom. The number of fused-ring (bicyclic) bond motifs is 3. The number of aliphatic imine (C=N–C) groups is 1. The van der Waals surface area contributed by atoms with Crippen LogP contribution in [0.4, 0.5) is 5.82 Å².